The lowest BCUT2D eigenvalue weighted by Gasteiger charge is -2.39. The average molecular weight is 458 g/mol. The van der Waals surface area contributed by atoms with Crippen molar-refractivity contribution in [2.45, 2.75) is 74.7 Å². The SMILES string of the molecule is C=C(/C=C\C(=C)CC(C)(C)C(C)(C)C)CC1=CC=C2C(=CC1)C=CC(C)(C(C)C)C=C2OC#N. The molecule has 0 bridgehead atoms. The van der Waals surface area contributed by atoms with E-state index in [9.17, 15) is 5.26 Å². The molecule has 0 heterocycles. The van der Waals surface area contributed by atoms with Gasteiger partial charge in [-0.1, -0.05) is 128 Å². The predicted molar refractivity (Wildman–Crippen MR) is 146 cm³/mol. The Balaban J connectivity index is 2.18. The first kappa shape index (κ1) is 27.5. The Morgan fingerprint density at radius 3 is 2.38 bits per heavy atom. The summed E-state index contributed by atoms with van der Waals surface area (Å²) in [6, 6.07) is 0. The summed E-state index contributed by atoms with van der Waals surface area (Å²) >= 11 is 0. The van der Waals surface area contributed by atoms with Crippen LogP contribution in [0.2, 0.25) is 0 Å². The summed E-state index contributed by atoms with van der Waals surface area (Å²) in [5.74, 6) is 1.01. The van der Waals surface area contributed by atoms with E-state index >= 15 is 0 Å². The fraction of sp³-hybridized carbons (Fsp3) is 0.469. The molecule has 2 aliphatic rings. The first-order valence-electron chi connectivity index (χ1n) is 12.3. The maximum atomic E-state index is 9.25. The van der Waals surface area contributed by atoms with Gasteiger partial charge < -0.3 is 4.74 Å². The average Bonchev–Trinajstić information content (AvgIpc) is 2.98. The normalized spacial score (nSPS) is 20.9. The lowest BCUT2D eigenvalue weighted by molar-refractivity contribution is 0.133. The zero-order valence-electron chi connectivity index (χ0n) is 22.6. The molecule has 2 rings (SSSR count). The molecule has 0 amide bonds. The van der Waals surface area contributed by atoms with Crippen molar-refractivity contribution in [2.75, 3.05) is 0 Å². The molecule has 0 saturated heterocycles. The molecule has 0 N–H and O–H groups in total. The number of fused-ring (bicyclic) bond motifs is 1. The van der Waals surface area contributed by atoms with Gasteiger partial charge in [0.25, 0.3) is 6.26 Å². The Labute approximate surface area is 208 Å². The number of hydrogen-bond acceptors (Lipinski definition) is 2. The van der Waals surface area contributed by atoms with Gasteiger partial charge in [-0.3, -0.25) is 0 Å². The van der Waals surface area contributed by atoms with E-state index in [4.69, 9.17) is 4.74 Å². The van der Waals surface area contributed by atoms with Crippen LogP contribution in [0.1, 0.15) is 74.7 Å². The highest BCUT2D eigenvalue weighted by Gasteiger charge is 2.32. The van der Waals surface area contributed by atoms with Gasteiger partial charge in [-0.15, -0.1) is 5.26 Å². The van der Waals surface area contributed by atoms with Gasteiger partial charge in [0.2, 0.25) is 0 Å². The lowest BCUT2D eigenvalue weighted by atomic mass is 9.66. The van der Waals surface area contributed by atoms with Crippen molar-refractivity contribution < 1.29 is 4.74 Å². The van der Waals surface area contributed by atoms with E-state index in [1.54, 1.807) is 0 Å². The first-order valence-corrected chi connectivity index (χ1v) is 12.3. The Kier molecular flexibility index (Phi) is 8.59. The third kappa shape index (κ3) is 6.86. The van der Waals surface area contributed by atoms with Gasteiger partial charge in [-0.05, 0) is 47.7 Å². The molecular weight excluding hydrogens is 414 g/mol. The number of allylic oxidation sites excluding steroid dienone is 12. The number of nitrogens with zero attached hydrogens (tertiary/aromatic N) is 1. The third-order valence-corrected chi connectivity index (χ3v) is 7.82. The second kappa shape index (κ2) is 10.6. The van der Waals surface area contributed by atoms with Crippen molar-refractivity contribution in [3.05, 3.63) is 95.4 Å². The van der Waals surface area contributed by atoms with Crippen molar-refractivity contribution in [2.24, 2.45) is 22.2 Å². The highest BCUT2D eigenvalue weighted by Crippen LogP contribution is 2.43. The molecule has 1 unspecified atom stereocenters. The monoisotopic (exact) mass is 457 g/mol. The Hall–Kier alpha value is -2.79. The molecule has 2 nitrogen and oxygen atoms in total. The maximum absolute atomic E-state index is 9.25. The van der Waals surface area contributed by atoms with Crippen LogP contribution in [0, 0.1) is 33.7 Å². The molecule has 2 aliphatic carbocycles. The van der Waals surface area contributed by atoms with Crippen LogP contribution >= 0.6 is 0 Å². The highest BCUT2D eigenvalue weighted by molar-refractivity contribution is 5.56. The molecule has 0 spiro atoms. The molecule has 0 aliphatic heterocycles. The van der Waals surface area contributed by atoms with Gasteiger partial charge in [0, 0.05) is 11.0 Å². The van der Waals surface area contributed by atoms with Crippen LogP contribution in [-0.4, -0.2) is 0 Å². The largest absolute Gasteiger partial charge is 0.388 e. The number of rotatable bonds is 8. The van der Waals surface area contributed by atoms with Crippen LogP contribution in [0.25, 0.3) is 0 Å². The van der Waals surface area contributed by atoms with Gasteiger partial charge in [0.1, 0.15) is 5.76 Å². The summed E-state index contributed by atoms with van der Waals surface area (Å²) in [7, 11) is 0. The second-order valence-electron chi connectivity index (χ2n) is 12.0. The van der Waals surface area contributed by atoms with E-state index in [2.05, 4.69) is 117 Å². The molecule has 0 radical (unpaired) electrons. The van der Waals surface area contributed by atoms with Gasteiger partial charge in [0.15, 0.2) is 0 Å². The van der Waals surface area contributed by atoms with E-state index in [1.165, 1.54) is 5.57 Å². The van der Waals surface area contributed by atoms with Crippen molar-refractivity contribution in [1.29, 1.82) is 5.26 Å². The van der Waals surface area contributed by atoms with E-state index in [-0.39, 0.29) is 16.2 Å². The summed E-state index contributed by atoms with van der Waals surface area (Å²) in [6.45, 7) is 26.6. The molecule has 2 heteroatoms. The molecule has 0 aromatic rings. The van der Waals surface area contributed by atoms with Gasteiger partial charge in [0.05, 0.1) is 0 Å². The topological polar surface area (TPSA) is 33.0 Å². The van der Waals surface area contributed by atoms with Crippen LogP contribution in [0.4, 0.5) is 0 Å². The molecular formula is C32H43NO. The maximum Gasteiger partial charge on any atom is 0.292 e. The minimum Gasteiger partial charge on any atom is -0.388 e. The van der Waals surface area contributed by atoms with Crippen LogP contribution < -0.4 is 0 Å². The number of nitriles is 1. The Morgan fingerprint density at radius 2 is 1.79 bits per heavy atom. The van der Waals surface area contributed by atoms with Crippen molar-refractivity contribution in [3.8, 4) is 6.26 Å². The van der Waals surface area contributed by atoms with Crippen LogP contribution in [0.15, 0.2) is 95.4 Å². The van der Waals surface area contributed by atoms with Crippen LogP contribution in [0.3, 0.4) is 0 Å². The molecule has 1 atom stereocenters. The fourth-order valence-corrected chi connectivity index (χ4v) is 3.88. The summed E-state index contributed by atoms with van der Waals surface area (Å²) in [5.41, 5.74) is 5.73. The minimum absolute atomic E-state index is 0.169. The first-order chi connectivity index (χ1) is 15.7. The number of hydrogen-bond donors (Lipinski definition) is 0. The zero-order chi connectivity index (χ0) is 25.7. The van der Waals surface area contributed by atoms with Crippen LogP contribution in [0.5, 0.6) is 0 Å². The summed E-state index contributed by atoms with van der Waals surface area (Å²) in [4.78, 5) is 0. The van der Waals surface area contributed by atoms with Crippen molar-refractivity contribution >= 4 is 0 Å². The molecule has 34 heavy (non-hydrogen) atoms. The standard InChI is InChI=1S/C32H43NO/c1-23(2)32(10)18-17-27-15-13-26(14-16-28(27)29(21-32)34-22-33)19-24(3)11-12-25(4)20-31(8,9)30(5,6)7/h11-12,14-18,21,23H,3-4,13,19-20H2,1-2,5-10H3/b12-11-. The van der Waals surface area contributed by atoms with Crippen molar-refractivity contribution in [3.63, 3.8) is 0 Å². The molecule has 0 fully saturated rings. The van der Waals surface area contributed by atoms with Crippen molar-refractivity contribution in [1.82, 2.24) is 0 Å². The lowest BCUT2D eigenvalue weighted by Crippen LogP contribution is -2.29. The number of ether oxygens (including phenoxy) is 1. The summed E-state index contributed by atoms with van der Waals surface area (Å²) < 4.78 is 5.43. The Morgan fingerprint density at radius 1 is 1.15 bits per heavy atom. The molecule has 0 saturated carbocycles. The highest BCUT2D eigenvalue weighted by atomic mass is 16.5. The minimum atomic E-state index is -0.171. The third-order valence-electron chi connectivity index (χ3n) is 7.82. The summed E-state index contributed by atoms with van der Waals surface area (Å²) in [5, 5.41) is 9.25. The molecule has 0 aromatic carbocycles. The fourth-order valence-electron chi connectivity index (χ4n) is 3.88. The second-order valence-corrected chi connectivity index (χ2v) is 12.0. The Bertz CT molecular complexity index is 1040. The predicted octanol–water partition coefficient (Wildman–Crippen LogP) is 9.30. The van der Waals surface area contributed by atoms with E-state index in [0.717, 1.165) is 41.6 Å². The van der Waals surface area contributed by atoms with Gasteiger partial charge >= 0.3 is 0 Å². The zero-order valence-corrected chi connectivity index (χ0v) is 22.6. The van der Waals surface area contributed by atoms with E-state index < -0.39 is 0 Å². The quantitative estimate of drug-likeness (QED) is 0.269. The molecule has 0 aromatic heterocycles. The van der Waals surface area contributed by atoms with E-state index in [1.807, 2.05) is 6.26 Å². The molecule has 182 valence electrons. The summed E-state index contributed by atoms with van der Waals surface area (Å²) in [6.07, 6.45) is 21.6. The van der Waals surface area contributed by atoms with Crippen LogP contribution in [-0.2, 0) is 4.74 Å². The van der Waals surface area contributed by atoms with E-state index in [0.29, 0.717) is 11.7 Å². The van der Waals surface area contributed by atoms with Gasteiger partial charge in [-0.2, -0.15) is 0 Å². The van der Waals surface area contributed by atoms with Gasteiger partial charge in [-0.25, -0.2) is 0 Å². The smallest absolute Gasteiger partial charge is 0.292 e.